The van der Waals surface area contributed by atoms with E-state index in [-0.39, 0.29) is 0 Å². The second kappa shape index (κ2) is 8.70. The molecule has 0 aromatic heterocycles. The number of hydrogen-bond donors (Lipinski definition) is 0. The van der Waals surface area contributed by atoms with Crippen LogP contribution in [0.1, 0.15) is 26.2 Å². The Bertz CT molecular complexity index is 660. The molecule has 3 rings (SSSR count). The fourth-order valence-corrected chi connectivity index (χ4v) is 6.50. The molecule has 0 fully saturated rings. The molecule has 124 valence electrons. The van der Waals surface area contributed by atoms with Crippen LogP contribution in [0.4, 0.5) is 0 Å². The number of thioether (sulfide) groups is 1. The lowest BCUT2D eigenvalue weighted by Crippen LogP contribution is -2.13. The zero-order valence-corrected chi connectivity index (χ0v) is 16.2. The molecule has 0 radical (unpaired) electrons. The van der Waals surface area contributed by atoms with Gasteiger partial charge in [0.2, 0.25) is 0 Å². The first-order valence-corrected chi connectivity index (χ1v) is 11.3. The van der Waals surface area contributed by atoms with Gasteiger partial charge in [-0.25, -0.2) is 0 Å². The van der Waals surface area contributed by atoms with Gasteiger partial charge in [-0.1, -0.05) is 79.7 Å². The van der Waals surface area contributed by atoms with Crippen molar-refractivity contribution < 1.29 is 0 Å². The minimum atomic E-state index is -0.424. The van der Waals surface area contributed by atoms with Gasteiger partial charge in [-0.2, -0.15) is 11.8 Å². The minimum absolute atomic E-state index is 0.424. The third-order valence-electron chi connectivity index (χ3n) is 4.54. The first kappa shape index (κ1) is 17.5. The van der Waals surface area contributed by atoms with Gasteiger partial charge in [-0.05, 0) is 54.9 Å². The average molecular weight is 352 g/mol. The van der Waals surface area contributed by atoms with Crippen molar-refractivity contribution >= 4 is 30.3 Å². The van der Waals surface area contributed by atoms with Gasteiger partial charge in [0.15, 0.2) is 0 Å². The van der Waals surface area contributed by atoms with E-state index in [4.69, 9.17) is 0 Å². The lowest BCUT2D eigenvalue weighted by molar-refractivity contribution is 0.820. The van der Waals surface area contributed by atoms with Gasteiger partial charge in [0.05, 0.1) is 0 Å². The Kier molecular flexibility index (Phi) is 6.35. The lowest BCUT2D eigenvalue weighted by atomic mass is 10.1. The number of benzene rings is 2. The summed E-state index contributed by atoms with van der Waals surface area (Å²) < 4.78 is 0. The van der Waals surface area contributed by atoms with Crippen LogP contribution in [0.2, 0.25) is 0 Å². The van der Waals surface area contributed by atoms with E-state index in [1.54, 1.807) is 10.9 Å². The largest absolute Gasteiger partial charge is 0.162 e. The molecular formula is C22H25PS. The Morgan fingerprint density at radius 2 is 1.54 bits per heavy atom. The van der Waals surface area contributed by atoms with Gasteiger partial charge in [-0.3, -0.25) is 0 Å². The van der Waals surface area contributed by atoms with Crippen molar-refractivity contribution in [2.24, 2.45) is 0 Å². The number of allylic oxidation sites excluding steroid dienone is 4. The molecule has 0 spiro atoms. The molecule has 1 atom stereocenters. The molecular weight excluding hydrogens is 327 g/mol. The van der Waals surface area contributed by atoms with E-state index >= 15 is 0 Å². The van der Waals surface area contributed by atoms with E-state index in [2.05, 4.69) is 86.0 Å². The Morgan fingerprint density at radius 3 is 2.04 bits per heavy atom. The molecule has 0 amide bonds. The summed E-state index contributed by atoms with van der Waals surface area (Å²) in [5, 5.41) is 5.30. The van der Waals surface area contributed by atoms with Crippen LogP contribution in [0.15, 0.2) is 83.7 Å². The van der Waals surface area contributed by atoms with E-state index in [0.29, 0.717) is 0 Å². The standard InChI is InChI=1S/C22H25PS/c1-3-21(24-2)17-18-11-10-16-22(18)23(19-12-6-4-7-13-19)20-14-8-5-9-15-20/h4-15,21H,3,16-17H2,1-2H3. The van der Waals surface area contributed by atoms with E-state index in [1.807, 2.05) is 11.8 Å². The normalized spacial score (nSPS) is 15.3. The van der Waals surface area contributed by atoms with Gasteiger partial charge in [0, 0.05) is 5.25 Å². The quantitative estimate of drug-likeness (QED) is 0.562. The third kappa shape index (κ3) is 4.02. The molecule has 0 aliphatic heterocycles. The molecule has 1 aliphatic carbocycles. The van der Waals surface area contributed by atoms with Crippen LogP contribution in [-0.2, 0) is 0 Å². The highest BCUT2D eigenvalue weighted by molar-refractivity contribution is 7.99. The summed E-state index contributed by atoms with van der Waals surface area (Å²) in [5.74, 6) is 0. The maximum atomic E-state index is 2.38. The Hall–Kier alpha value is -1.30. The number of rotatable bonds is 7. The molecule has 0 heterocycles. The van der Waals surface area contributed by atoms with Crippen molar-refractivity contribution in [3.05, 3.63) is 83.7 Å². The first-order valence-electron chi connectivity index (χ1n) is 8.65. The molecule has 1 aliphatic rings. The summed E-state index contributed by atoms with van der Waals surface area (Å²) in [5.41, 5.74) is 1.58. The molecule has 2 aromatic rings. The second-order valence-corrected chi connectivity index (χ2v) is 9.44. The molecule has 0 saturated carbocycles. The minimum Gasteiger partial charge on any atom is -0.162 e. The summed E-state index contributed by atoms with van der Waals surface area (Å²) in [6, 6.07) is 22.1. The molecule has 0 saturated heterocycles. The summed E-state index contributed by atoms with van der Waals surface area (Å²) in [6.07, 6.45) is 10.5. The monoisotopic (exact) mass is 352 g/mol. The van der Waals surface area contributed by atoms with Crippen LogP contribution in [-0.4, -0.2) is 11.5 Å². The van der Waals surface area contributed by atoms with Crippen molar-refractivity contribution in [1.82, 2.24) is 0 Å². The molecule has 2 heteroatoms. The van der Waals surface area contributed by atoms with Gasteiger partial charge in [0.25, 0.3) is 0 Å². The second-order valence-electron chi connectivity index (χ2n) is 6.06. The van der Waals surface area contributed by atoms with Gasteiger partial charge >= 0.3 is 0 Å². The van der Waals surface area contributed by atoms with Gasteiger partial charge in [0.1, 0.15) is 0 Å². The average Bonchev–Trinajstić information content (AvgIpc) is 3.09. The Labute approximate surface area is 151 Å². The third-order valence-corrected chi connectivity index (χ3v) is 8.34. The Morgan fingerprint density at radius 1 is 0.958 bits per heavy atom. The summed E-state index contributed by atoms with van der Waals surface area (Å²) in [7, 11) is -0.424. The number of hydrogen-bond acceptors (Lipinski definition) is 1. The van der Waals surface area contributed by atoms with E-state index in [1.165, 1.54) is 23.5 Å². The summed E-state index contributed by atoms with van der Waals surface area (Å²) in [4.78, 5) is 0. The van der Waals surface area contributed by atoms with Gasteiger partial charge in [-0.15, -0.1) is 0 Å². The molecule has 2 aromatic carbocycles. The molecule has 24 heavy (non-hydrogen) atoms. The van der Waals surface area contributed by atoms with Crippen LogP contribution in [0.3, 0.4) is 0 Å². The fourth-order valence-electron chi connectivity index (χ4n) is 3.22. The van der Waals surface area contributed by atoms with E-state index in [9.17, 15) is 0 Å². The summed E-state index contributed by atoms with van der Waals surface area (Å²) >= 11 is 2.00. The van der Waals surface area contributed by atoms with Crippen molar-refractivity contribution in [3.8, 4) is 0 Å². The molecule has 0 N–H and O–H groups in total. The molecule has 0 bridgehead atoms. The zero-order chi connectivity index (χ0) is 16.8. The predicted octanol–water partition coefficient (Wildman–Crippen LogP) is 5.87. The zero-order valence-electron chi connectivity index (χ0n) is 14.5. The van der Waals surface area contributed by atoms with Crippen molar-refractivity contribution in [2.45, 2.75) is 31.4 Å². The van der Waals surface area contributed by atoms with Crippen LogP contribution >= 0.6 is 19.7 Å². The highest BCUT2D eigenvalue weighted by Crippen LogP contribution is 2.49. The predicted molar refractivity (Wildman–Crippen MR) is 112 cm³/mol. The van der Waals surface area contributed by atoms with Crippen LogP contribution in [0.5, 0.6) is 0 Å². The fraction of sp³-hybridized carbons (Fsp3) is 0.273. The van der Waals surface area contributed by atoms with Crippen molar-refractivity contribution in [3.63, 3.8) is 0 Å². The van der Waals surface area contributed by atoms with E-state index < -0.39 is 7.92 Å². The highest BCUT2D eigenvalue weighted by atomic mass is 32.2. The van der Waals surface area contributed by atoms with Crippen molar-refractivity contribution in [1.29, 1.82) is 0 Å². The lowest BCUT2D eigenvalue weighted by Gasteiger charge is -2.23. The topological polar surface area (TPSA) is 0 Å². The highest BCUT2D eigenvalue weighted by Gasteiger charge is 2.23. The smallest absolute Gasteiger partial charge is 0.00821 e. The summed E-state index contributed by atoms with van der Waals surface area (Å²) in [6.45, 7) is 2.30. The SMILES string of the molecule is CCC(CC1=C(P(c2ccccc2)c2ccccc2)CC=C1)SC. The van der Waals surface area contributed by atoms with Crippen LogP contribution in [0.25, 0.3) is 0 Å². The maximum absolute atomic E-state index is 2.38. The van der Waals surface area contributed by atoms with Crippen molar-refractivity contribution in [2.75, 3.05) is 6.26 Å². The van der Waals surface area contributed by atoms with Crippen LogP contribution < -0.4 is 10.6 Å². The van der Waals surface area contributed by atoms with Crippen LogP contribution in [0, 0.1) is 0 Å². The Balaban J connectivity index is 2.02. The van der Waals surface area contributed by atoms with Gasteiger partial charge < -0.3 is 0 Å². The van der Waals surface area contributed by atoms with E-state index in [0.717, 1.165) is 11.7 Å². The molecule has 1 unspecified atom stereocenters. The first-order chi connectivity index (χ1) is 11.8. The molecule has 0 nitrogen and oxygen atoms in total. The maximum Gasteiger partial charge on any atom is 0.00821 e.